The van der Waals surface area contributed by atoms with Crippen LogP contribution in [0.2, 0.25) is 0 Å². The Bertz CT molecular complexity index is 1170. The number of nitrogens with one attached hydrogen (secondary N) is 2. The lowest BCUT2D eigenvalue weighted by Crippen LogP contribution is -2.57. The van der Waals surface area contributed by atoms with E-state index in [1.807, 2.05) is 81.6 Å². The van der Waals surface area contributed by atoms with Crippen molar-refractivity contribution in [3.05, 3.63) is 64.4 Å². The molecule has 1 spiro atoms. The molecule has 5 unspecified atom stereocenters. The average molecular weight is 480 g/mol. The quantitative estimate of drug-likeness (QED) is 0.645. The number of carbonyl (C=O) groups excluding carboxylic acids is 3. The number of likely N-dealkylation sites (tertiary alicyclic amines) is 1. The van der Waals surface area contributed by atoms with Crippen molar-refractivity contribution in [1.82, 2.24) is 10.2 Å². The average Bonchev–Trinajstić information content (AvgIpc) is 3.51. The van der Waals surface area contributed by atoms with Crippen molar-refractivity contribution in [1.29, 1.82) is 0 Å². The number of nitrogens with zero attached hydrogens (tertiary/aromatic N) is 1. The van der Waals surface area contributed by atoms with Gasteiger partial charge in [-0.2, -0.15) is 0 Å². The van der Waals surface area contributed by atoms with E-state index >= 15 is 0 Å². The first-order valence-corrected chi connectivity index (χ1v) is 12.4. The van der Waals surface area contributed by atoms with Crippen LogP contribution in [0.4, 0.5) is 5.69 Å². The van der Waals surface area contributed by atoms with Crippen LogP contribution in [0.25, 0.3) is 0 Å². The fourth-order valence-electron chi connectivity index (χ4n) is 5.38. The Kier molecular flexibility index (Phi) is 5.41. The highest BCUT2D eigenvalue weighted by molar-refractivity contribution is 7.09. The number of carbonyl (C=O) groups is 3. The number of aryl methyl sites for hydroxylation is 1. The second-order valence-electron chi connectivity index (χ2n) is 10.3. The van der Waals surface area contributed by atoms with E-state index < -0.39 is 35.1 Å². The van der Waals surface area contributed by atoms with Crippen molar-refractivity contribution in [2.75, 3.05) is 5.32 Å². The maximum absolute atomic E-state index is 13.9. The Morgan fingerprint density at radius 1 is 1.15 bits per heavy atom. The Morgan fingerprint density at radius 3 is 2.59 bits per heavy atom. The number of hydrogen-bond acceptors (Lipinski definition) is 5. The van der Waals surface area contributed by atoms with Gasteiger partial charge in [0.25, 0.3) is 0 Å². The second kappa shape index (κ2) is 8.06. The van der Waals surface area contributed by atoms with Gasteiger partial charge in [0.2, 0.25) is 17.7 Å². The smallest absolute Gasteiger partial charge is 0.246 e. The van der Waals surface area contributed by atoms with Gasteiger partial charge in [-0.1, -0.05) is 36.4 Å². The topological polar surface area (TPSA) is 87.7 Å². The number of thiophene rings is 1. The molecule has 3 amide bonds. The minimum absolute atomic E-state index is 0.223. The summed E-state index contributed by atoms with van der Waals surface area (Å²) in [5, 5.41) is 7.96. The van der Waals surface area contributed by atoms with Crippen molar-refractivity contribution in [2.45, 2.75) is 57.5 Å². The standard InChI is InChI=1S/C26H29N3O4S/c1-15-8-5-6-10-17(15)27-22(30)19-18-11-12-26(33-18)20(19)24(32)29(14-16-9-7-13-34-16)21(26)23(31)28-25(2,3)4/h5-13,18-21H,14H2,1-4H3,(H,27,30)(H,28,31). The van der Waals surface area contributed by atoms with Crippen LogP contribution in [0.15, 0.2) is 53.9 Å². The highest BCUT2D eigenvalue weighted by atomic mass is 32.1. The maximum atomic E-state index is 13.9. The molecule has 4 heterocycles. The fourth-order valence-corrected chi connectivity index (χ4v) is 6.08. The van der Waals surface area contributed by atoms with E-state index in [9.17, 15) is 14.4 Å². The van der Waals surface area contributed by atoms with Crippen LogP contribution in [0.5, 0.6) is 0 Å². The molecule has 0 aliphatic carbocycles. The molecule has 0 saturated carbocycles. The molecule has 3 aliphatic heterocycles. The number of hydrogen-bond donors (Lipinski definition) is 2. The fraction of sp³-hybridized carbons (Fsp3) is 0.423. The highest BCUT2D eigenvalue weighted by Gasteiger charge is 2.72. The lowest BCUT2D eigenvalue weighted by molar-refractivity contribution is -0.142. The van der Waals surface area contributed by atoms with Crippen molar-refractivity contribution in [3.8, 4) is 0 Å². The zero-order valence-corrected chi connectivity index (χ0v) is 20.5. The summed E-state index contributed by atoms with van der Waals surface area (Å²) in [6, 6.07) is 10.5. The monoisotopic (exact) mass is 479 g/mol. The molecule has 5 rings (SSSR count). The number of ether oxygens (including phenoxy) is 1. The number of para-hydroxylation sites is 1. The van der Waals surface area contributed by atoms with Gasteiger partial charge >= 0.3 is 0 Å². The normalized spacial score (nSPS) is 29.4. The molecule has 34 heavy (non-hydrogen) atoms. The van der Waals surface area contributed by atoms with Gasteiger partial charge in [-0.15, -0.1) is 11.3 Å². The third-order valence-electron chi connectivity index (χ3n) is 6.73. The first-order chi connectivity index (χ1) is 16.1. The zero-order chi connectivity index (χ0) is 24.3. The van der Waals surface area contributed by atoms with Crippen LogP contribution in [0.3, 0.4) is 0 Å². The molecule has 3 aliphatic rings. The van der Waals surface area contributed by atoms with Gasteiger partial charge in [-0.3, -0.25) is 14.4 Å². The Labute approximate surface area is 203 Å². The number of benzene rings is 1. The van der Waals surface area contributed by atoms with Crippen LogP contribution in [-0.4, -0.2) is 45.9 Å². The summed E-state index contributed by atoms with van der Waals surface area (Å²) in [4.78, 5) is 43.5. The number of amides is 3. The first kappa shape index (κ1) is 22.8. The molecular formula is C26H29N3O4S. The molecule has 1 aromatic carbocycles. The predicted octanol–water partition coefficient (Wildman–Crippen LogP) is 3.26. The van der Waals surface area contributed by atoms with E-state index in [2.05, 4.69) is 10.6 Å². The molecule has 8 heteroatoms. The van der Waals surface area contributed by atoms with E-state index in [0.29, 0.717) is 12.2 Å². The zero-order valence-electron chi connectivity index (χ0n) is 19.7. The minimum atomic E-state index is -1.16. The van der Waals surface area contributed by atoms with E-state index in [1.54, 1.807) is 4.90 Å². The molecular weight excluding hydrogens is 450 g/mol. The van der Waals surface area contributed by atoms with E-state index in [-0.39, 0.29) is 17.7 Å². The summed E-state index contributed by atoms with van der Waals surface area (Å²) in [5.41, 5.74) is -0.00564. The molecule has 178 valence electrons. The SMILES string of the molecule is Cc1ccccc1NC(=O)C1C2C=CC3(O2)C1C(=O)N(Cc1cccs1)C3C(=O)NC(C)(C)C. The second-order valence-corrected chi connectivity index (χ2v) is 11.3. The summed E-state index contributed by atoms with van der Waals surface area (Å²) in [7, 11) is 0. The molecule has 2 bridgehead atoms. The first-order valence-electron chi connectivity index (χ1n) is 11.5. The van der Waals surface area contributed by atoms with Crippen molar-refractivity contribution >= 4 is 34.7 Å². The van der Waals surface area contributed by atoms with Gasteiger partial charge in [0.1, 0.15) is 11.6 Å². The molecule has 2 fully saturated rings. The van der Waals surface area contributed by atoms with Crippen LogP contribution >= 0.6 is 11.3 Å². The third-order valence-corrected chi connectivity index (χ3v) is 7.59. The van der Waals surface area contributed by atoms with E-state index in [1.165, 1.54) is 11.3 Å². The van der Waals surface area contributed by atoms with Crippen LogP contribution in [0, 0.1) is 18.8 Å². The molecule has 1 aromatic heterocycles. The lowest BCUT2D eigenvalue weighted by Gasteiger charge is -2.34. The van der Waals surface area contributed by atoms with Gasteiger partial charge in [0, 0.05) is 16.1 Å². The number of fused-ring (bicyclic) bond motifs is 1. The molecule has 5 atom stereocenters. The Morgan fingerprint density at radius 2 is 1.91 bits per heavy atom. The summed E-state index contributed by atoms with van der Waals surface area (Å²) in [5.74, 6) is -2.24. The summed E-state index contributed by atoms with van der Waals surface area (Å²) >= 11 is 1.53. The highest BCUT2D eigenvalue weighted by Crippen LogP contribution is 2.55. The molecule has 2 N–H and O–H groups in total. The van der Waals surface area contributed by atoms with Gasteiger partial charge in [0.15, 0.2) is 0 Å². The van der Waals surface area contributed by atoms with Gasteiger partial charge < -0.3 is 20.3 Å². The van der Waals surface area contributed by atoms with Crippen molar-refractivity contribution in [2.24, 2.45) is 11.8 Å². The van der Waals surface area contributed by atoms with Crippen LogP contribution in [0.1, 0.15) is 31.2 Å². The molecule has 2 saturated heterocycles. The van der Waals surface area contributed by atoms with E-state index in [0.717, 1.165) is 10.4 Å². The van der Waals surface area contributed by atoms with Gasteiger partial charge in [-0.25, -0.2) is 0 Å². The Balaban J connectivity index is 1.51. The molecule has 2 aromatic rings. The maximum Gasteiger partial charge on any atom is 0.246 e. The van der Waals surface area contributed by atoms with Crippen LogP contribution in [-0.2, 0) is 25.7 Å². The number of rotatable bonds is 5. The summed E-state index contributed by atoms with van der Waals surface area (Å²) in [6.45, 7) is 7.93. The Hall–Kier alpha value is -2.97. The van der Waals surface area contributed by atoms with Crippen molar-refractivity contribution < 1.29 is 19.1 Å². The van der Waals surface area contributed by atoms with Gasteiger partial charge in [-0.05, 0) is 50.8 Å². The predicted molar refractivity (Wildman–Crippen MR) is 130 cm³/mol. The third kappa shape index (κ3) is 3.65. The number of anilines is 1. The van der Waals surface area contributed by atoms with E-state index in [4.69, 9.17) is 4.74 Å². The minimum Gasteiger partial charge on any atom is -0.359 e. The lowest BCUT2D eigenvalue weighted by atomic mass is 9.74. The van der Waals surface area contributed by atoms with Gasteiger partial charge in [0.05, 0.1) is 24.5 Å². The summed E-state index contributed by atoms with van der Waals surface area (Å²) in [6.07, 6.45) is 3.11. The molecule has 7 nitrogen and oxygen atoms in total. The molecule has 0 radical (unpaired) electrons. The largest absolute Gasteiger partial charge is 0.359 e. The summed E-state index contributed by atoms with van der Waals surface area (Å²) < 4.78 is 6.36. The van der Waals surface area contributed by atoms with Crippen LogP contribution < -0.4 is 10.6 Å². The van der Waals surface area contributed by atoms with Crippen molar-refractivity contribution in [3.63, 3.8) is 0 Å².